The Bertz CT molecular complexity index is 736. The van der Waals surface area contributed by atoms with Crippen LogP contribution in [0.4, 0.5) is 5.69 Å². The van der Waals surface area contributed by atoms with Crippen LogP contribution in [0.15, 0.2) is 24.3 Å². The maximum absolute atomic E-state index is 12.2. The zero-order valence-corrected chi connectivity index (χ0v) is 15.1. The summed E-state index contributed by atoms with van der Waals surface area (Å²) in [5.74, 6) is -0.332. The van der Waals surface area contributed by atoms with Crippen molar-refractivity contribution >= 4 is 28.8 Å². The lowest BCUT2D eigenvalue weighted by Crippen LogP contribution is -2.32. The molecule has 25 heavy (non-hydrogen) atoms. The summed E-state index contributed by atoms with van der Waals surface area (Å²) in [5.41, 5.74) is 1.24. The van der Waals surface area contributed by atoms with E-state index in [0.717, 1.165) is 30.7 Å². The molecule has 3 rings (SSSR count). The Labute approximate surface area is 151 Å². The topological polar surface area (TPSA) is 84.0 Å². The number of nitrogens with zero attached hydrogens (tertiary/aromatic N) is 2. The largest absolute Gasteiger partial charge is 0.349 e. The number of rotatable bonds is 6. The lowest BCUT2D eigenvalue weighted by atomic mass is 10.1. The Balaban J connectivity index is 1.57. The van der Waals surface area contributed by atoms with Gasteiger partial charge in [0.2, 0.25) is 5.01 Å². The molecule has 6 nitrogen and oxygen atoms in total. The van der Waals surface area contributed by atoms with Crippen LogP contribution in [0, 0.1) is 0 Å². The van der Waals surface area contributed by atoms with Gasteiger partial charge in [-0.3, -0.25) is 9.59 Å². The zero-order chi connectivity index (χ0) is 17.6. The summed E-state index contributed by atoms with van der Waals surface area (Å²) in [6.45, 7) is 2.06. The minimum absolute atomic E-state index is 0.0573. The average molecular weight is 358 g/mol. The molecule has 7 heteroatoms. The summed E-state index contributed by atoms with van der Waals surface area (Å²) in [6.07, 6.45) is 6.28. The zero-order valence-electron chi connectivity index (χ0n) is 14.2. The quantitative estimate of drug-likeness (QED) is 0.829. The molecule has 132 valence electrons. The SMILES string of the molecule is CCCc1nnc(C(=O)Nc2ccc(C(=O)NC3CCCC3)cc2)s1. The molecule has 1 aliphatic carbocycles. The van der Waals surface area contributed by atoms with Gasteiger partial charge in [0.05, 0.1) is 0 Å². The smallest absolute Gasteiger partial charge is 0.286 e. The van der Waals surface area contributed by atoms with E-state index in [0.29, 0.717) is 22.3 Å². The van der Waals surface area contributed by atoms with E-state index in [1.54, 1.807) is 24.3 Å². The van der Waals surface area contributed by atoms with E-state index in [4.69, 9.17) is 0 Å². The van der Waals surface area contributed by atoms with Gasteiger partial charge in [0.25, 0.3) is 11.8 Å². The summed E-state index contributed by atoms with van der Waals surface area (Å²) in [4.78, 5) is 24.4. The minimum atomic E-state index is -0.275. The van der Waals surface area contributed by atoms with Crippen molar-refractivity contribution < 1.29 is 9.59 Å². The van der Waals surface area contributed by atoms with Gasteiger partial charge in [-0.15, -0.1) is 10.2 Å². The molecule has 1 aliphatic rings. The Morgan fingerprint density at radius 2 is 1.84 bits per heavy atom. The van der Waals surface area contributed by atoms with E-state index in [1.165, 1.54) is 24.2 Å². The maximum atomic E-state index is 12.2. The van der Waals surface area contributed by atoms with Crippen LogP contribution in [0.5, 0.6) is 0 Å². The summed E-state index contributed by atoms with van der Waals surface area (Å²) in [7, 11) is 0. The second-order valence-electron chi connectivity index (χ2n) is 6.24. The number of hydrogen-bond donors (Lipinski definition) is 2. The van der Waals surface area contributed by atoms with Crippen LogP contribution >= 0.6 is 11.3 Å². The normalized spacial score (nSPS) is 14.4. The summed E-state index contributed by atoms with van der Waals surface area (Å²) in [6, 6.07) is 7.21. The van der Waals surface area contributed by atoms with Gasteiger partial charge in [-0.25, -0.2) is 0 Å². The number of hydrogen-bond acceptors (Lipinski definition) is 5. The van der Waals surface area contributed by atoms with E-state index in [2.05, 4.69) is 27.8 Å². The number of carbonyl (C=O) groups excluding carboxylic acids is 2. The molecule has 2 amide bonds. The molecular formula is C18H22N4O2S. The number of amides is 2. The third-order valence-corrected chi connectivity index (χ3v) is 5.20. The van der Waals surface area contributed by atoms with Crippen LogP contribution < -0.4 is 10.6 Å². The first-order chi connectivity index (χ1) is 12.2. The van der Waals surface area contributed by atoms with Gasteiger partial charge in [0, 0.05) is 23.7 Å². The van der Waals surface area contributed by atoms with Crippen molar-refractivity contribution in [3.8, 4) is 0 Å². The van der Waals surface area contributed by atoms with Gasteiger partial charge in [-0.2, -0.15) is 0 Å². The van der Waals surface area contributed by atoms with E-state index in [-0.39, 0.29) is 11.8 Å². The van der Waals surface area contributed by atoms with Gasteiger partial charge in [-0.05, 0) is 43.5 Å². The number of nitrogens with one attached hydrogen (secondary N) is 2. The number of anilines is 1. The van der Waals surface area contributed by atoms with E-state index in [9.17, 15) is 9.59 Å². The summed E-state index contributed by atoms with van der Waals surface area (Å²) < 4.78 is 0. The van der Waals surface area contributed by atoms with Gasteiger partial charge < -0.3 is 10.6 Å². The second-order valence-corrected chi connectivity index (χ2v) is 7.30. The van der Waals surface area contributed by atoms with Crippen molar-refractivity contribution in [2.75, 3.05) is 5.32 Å². The van der Waals surface area contributed by atoms with Crippen LogP contribution in [-0.4, -0.2) is 28.1 Å². The minimum Gasteiger partial charge on any atom is -0.349 e. The molecule has 2 aromatic rings. The molecule has 1 fully saturated rings. The van der Waals surface area contributed by atoms with Gasteiger partial charge >= 0.3 is 0 Å². The highest BCUT2D eigenvalue weighted by Crippen LogP contribution is 2.19. The third kappa shape index (κ3) is 4.63. The molecule has 1 heterocycles. The monoisotopic (exact) mass is 358 g/mol. The molecular weight excluding hydrogens is 336 g/mol. The first-order valence-electron chi connectivity index (χ1n) is 8.70. The van der Waals surface area contributed by atoms with Crippen molar-refractivity contribution in [3.63, 3.8) is 0 Å². The molecule has 1 saturated carbocycles. The number of carbonyl (C=O) groups is 2. The van der Waals surface area contributed by atoms with Crippen molar-refractivity contribution in [1.82, 2.24) is 15.5 Å². The van der Waals surface area contributed by atoms with Crippen LogP contribution in [0.3, 0.4) is 0 Å². The Morgan fingerprint density at radius 1 is 1.12 bits per heavy atom. The van der Waals surface area contributed by atoms with Gasteiger partial charge in [0.15, 0.2) is 0 Å². The van der Waals surface area contributed by atoms with E-state index < -0.39 is 0 Å². The highest BCUT2D eigenvalue weighted by molar-refractivity contribution is 7.13. The predicted octanol–water partition coefficient (Wildman–Crippen LogP) is 3.42. The molecule has 1 aromatic carbocycles. The van der Waals surface area contributed by atoms with Gasteiger partial charge in [0.1, 0.15) is 5.01 Å². The number of aryl methyl sites for hydroxylation is 1. The number of benzene rings is 1. The van der Waals surface area contributed by atoms with Crippen LogP contribution in [0.1, 0.15) is 64.2 Å². The molecule has 0 unspecified atom stereocenters. The molecule has 0 saturated heterocycles. The highest BCUT2D eigenvalue weighted by atomic mass is 32.1. The van der Waals surface area contributed by atoms with Crippen LogP contribution in [0.25, 0.3) is 0 Å². The second kappa shape index (κ2) is 8.20. The average Bonchev–Trinajstić information content (AvgIpc) is 3.28. The molecule has 0 atom stereocenters. The first kappa shape index (κ1) is 17.5. The Morgan fingerprint density at radius 3 is 2.52 bits per heavy atom. The molecule has 2 N–H and O–H groups in total. The fourth-order valence-electron chi connectivity index (χ4n) is 2.89. The van der Waals surface area contributed by atoms with Crippen molar-refractivity contribution in [3.05, 3.63) is 39.8 Å². The predicted molar refractivity (Wildman–Crippen MR) is 98.0 cm³/mol. The molecule has 0 aliphatic heterocycles. The first-order valence-corrected chi connectivity index (χ1v) is 9.52. The molecule has 1 aromatic heterocycles. The standard InChI is InChI=1S/C18H22N4O2S/c1-2-5-15-21-22-18(25-15)17(24)20-14-10-8-12(9-11-14)16(23)19-13-6-3-4-7-13/h8-11,13H,2-7H2,1H3,(H,19,23)(H,20,24). The molecule has 0 radical (unpaired) electrons. The van der Waals surface area contributed by atoms with Crippen molar-refractivity contribution in [2.45, 2.75) is 51.5 Å². The Hall–Kier alpha value is -2.28. The van der Waals surface area contributed by atoms with E-state index in [1.807, 2.05) is 0 Å². The van der Waals surface area contributed by atoms with E-state index >= 15 is 0 Å². The summed E-state index contributed by atoms with van der Waals surface area (Å²) >= 11 is 1.31. The summed E-state index contributed by atoms with van der Waals surface area (Å²) in [5, 5.41) is 15.0. The molecule has 0 spiro atoms. The van der Waals surface area contributed by atoms with Crippen molar-refractivity contribution in [1.29, 1.82) is 0 Å². The fourth-order valence-corrected chi connectivity index (χ4v) is 3.73. The van der Waals surface area contributed by atoms with Crippen LogP contribution in [-0.2, 0) is 6.42 Å². The highest BCUT2D eigenvalue weighted by Gasteiger charge is 2.18. The maximum Gasteiger partial charge on any atom is 0.286 e. The Kier molecular flexibility index (Phi) is 5.75. The van der Waals surface area contributed by atoms with Crippen LogP contribution in [0.2, 0.25) is 0 Å². The third-order valence-electron chi connectivity index (χ3n) is 4.22. The fraction of sp³-hybridized carbons (Fsp3) is 0.444. The van der Waals surface area contributed by atoms with Gasteiger partial charge in [-0.1, -0.05) is 31.1 Å². The molecule has 0 bridgehead atoms. The van der Waals surface area contributed by atoms with Crippen molar-refractivity contribution in [2.24, 2.45) is 0 Å². The lowest BCUT2D eigenvalue weighted by Gasteiger charge is -2.12. The number of aromatic nitrogens is 2. The lowest BCUT2D eigenvalue weighted by molar-refractivity contribution is 0.0937.